The normalized spacial score (nSPS) is 9.83. The fraction of sp³-hybridized carbons (Fsp3) is 0.0769. The van der Waals surface area contributed by atoms with Gasteiger partial charge in [-0.2, -0.15) is 0 Å². The lowest BCUT2D eigenvalue weighted by molar-refractivity contribution is 0.102. The molecule has 0 unspecified atom stereocenters. The number of rotatable bonds is 3. The number of hydrogen-bond acceptors (Lipinski definition) is 4. The molecule has 5 nitrogen and oxygen atoms in total. The second kappa shape index (κ2) is 5.18. The molecular formula is C13H13N3O2. The first-order chi connectivity index (χ1) is 8.72. The average Bonchev–Trinajstić information content (AvgIpc) is 2.39. The molecule has 2 rings (SSSR count). The zero-order chi connectivity index (χ0) is 13.0. The Kier molecular flexibility index (Phi) is 3.43. The number of carbonyl (C=O) groups excluding carboxylic acids is 1. The number of anilines is 2. The predicted octanol–water partition coefficient (Wildman–Crippen LogP) is 1.92. The van der Waals surface area contributed by atoms with Gasteiger partial charge >= 0.3 is 0 Å². The van der Waals surface area contributed by atoms with Gasteiger partial charge in [0, 0.05) is 18.1 Å². The van der Waals surface area contributed by atoms with Gasteiger partial charge in [-0.25, -0.2) is 0 Å². The first-order valence-corrected chi connectivity index (χ1v) is 5.36. The van der Waals surface area contributed by atoms with E-state index in [9.17, 15) is 4.79 Å². The maximum absolute atomic E-state index is 12.0. The van der Waals surface area contributed by atoms with Gasteiger partial charge in [0.15, 0.2) is 0 Å². The van der Waals surface area contributed by atoms with Gasteiger partial charge in [0.05, 0.1) is 18.4 Å². The van der Waals surface area contributed by atoms with Crippen LogP contribution in [-0.4, -0.2) is 18.0 Å². The molecule has 0 spiro atoms. The monoisotopic (exact) mass is 243 g/mol. The number of nitrogen functional groups attached to an aromatic ring is 1. The van der Waals surface area contributed by atoms with Crippen molar-refractivity contribution in [3.05, 3.63) is 48.3 Å². The van der Waals surface area contributed by atoms with Crippen molar-refractivity contribution in [1.29, 1.82) is 0 Å². The average molecular weight is 243 g/mol. The lowest BCUT2D eigenvalue weighted by Gasteiger charge is -2.10. The molecule has 1 aromatic heterocycles. The number of para-hydroxylation sites is 2. The van der Waals surface area contributed by atoms with Gasteiger partial charge in [-0.05, 0) is 18.2 Å². The highest BCUT2D eigenvalue weighted by Gasteiger charge is 2.11. The molecule has 0 radical (unpaired) electrons. The van der Waals surface area contributed by atoms with Crippen molar-refractivity contribution in [2.45, 2.75) is 0 Å². The Bertz CT molecular complexity index is 570. The molecule has 1 aromatic carbocycles. The minimum atomic E-state index is -0.315. The molecule has 18 heavy (non-hydrogen) atoms. The fourth-order valence-electron chi connectivity index (χ4n) is 1.53. The summed E-state index contributed by atoms with van der Waals surface area (Å²) in [6, 6.07) is 8.74. The number of carbonyl (C=O) groups is 1. The van der Waals surface area contributed by atoms with E-state index >= 15 is 0 Å². The van der Waals surface area contributed by atoms with Crippen molar-refractivity contribution in [2.24, 2.45) is 0 Å². The Balaban J connectivity index is 2.24. The maximum atomic E-state index is 12.0. The summed E-state index contributed by atoms with van der Waals surface area (Å²) in [5, 5.41) is 2.73. The van der Waals surface area contributed by atoms with E-state index in [1.165, 1.54) is 12.4 Å². The van der Waals surface area contributed by atoms with E-state index in [0.717, 1.165) is 0 Å². The number of nitrogens with two attached hydrogens (primary N) is 1. The number of hydrogen-bond donors (Lipinski definition) is 2. The van der Waals surface area contributed by atoms with E-state index in [4.69, 9.17) is 10.5 Å². The Morgan fingerprint density at radius 1 is 1.33 bits per heavy atom. The number of nitrogens with zero attached hydrogens (tertiary/aromatic N) is 1. The molecule has 0 aliphatic rings. The first kappa shape index (κ1) is 11.9. The third-order valence-corrected chi connectivity index (χ3v) is 2.45. The molecule has 3 N–H and O–H groups in total. The van der Waals surface area contributed by atoms with E-state index in [2.05, 4.69) is 10.3 Å². The largest absolute Gasteiger partial charge is 0.495 e. The number of pyridine rings is 1. The summed E-state index contributed by atoms with van der Waals surface area (Å²) >= 11 is 0. The number of methoxy groups -OCH3 is 1. The number of benzene rings is 1. The Hall–Kier alpha value is -2.56. The maximum Gasteiger partial charge on any atom is 0.259 e. The summed E-state index contributed by atoms with van der Waals surface area (Å²) in [5.74, 6) is 0.276. The van der Waals surface area contributed by atoms with Crippen molar-refractivity contribution in [3.63, 3.8) is 0 Å². The van der Waals surface area contributed by atoms with E-state index in [1.54, 1.807) is 25.3 Å². The molecule has 0 aliphatic heterocycles. The number of ether oxygens (including phenoxy) is 1. The molecule has 0 bridgehead atoms. The Morgan fingerprint density at radius 3 is 2.83 bits per heavy atom. The van der Waals surface area contributed by atoms with Crippen molar-refractivity contribution >= 4 is 17.3 Å². The molecule has 2 aromatic rings. The van der Waals surface area contributed by atoms with Crippen LogP contribution in [0, 0.1) is 0 Å². The smallest absolute Gasteiger partial charge is 0.259 e. The van der Waals surface area contributed by atoms with Gasteiger partial charge in [0.2, 0.25) is 0 Å². The van der Waals surface area contributed by atoms with Crippen LogP contribution < -0.4 is 15.8 Å². The summed E-state index contributed by atoms with van der Waals surface area (Å²) in [7, 11) is 1.55. The molecule has 0 atom stereocenters. The van der Waals surface area contributed by atoms with Crippen LogP contribution in [0.2, 0.25) is 0 Å². The zero-order valence-electron chi connectivity index (χ0n) is 9.88. The Morgan fingerprint density at radius 2 is 2.11 bits per heavy atom. The molecule has 1 heterocycles. The quantitative estimate of drug-likeness (QED) is 0.863. The van der Waals surface area contributed by atoms with Gasteiger partial charge < -0.3 is 15.8 Å². The van der Waals surface area contributed by atoms with Crippen LogP contribution in [0.25, 0.3) is 0 Å². The van der Waals surface area contributed by atoms with Crippen LogP contribution in [-0.2, 0) is 0 Å². The molecule has 0 aliphatic carbocycles. The van der Waals surface area contributed by atoms with E-state index < -0.39 is 0 Å². The molecule has 1 amide bonds. The van der Waals surface area contributed by atoms with E-state index in [1.807, 2.05) is 12.1 Å². The number of aromatic nitrogens is 1. The number of nitrogens with one attached hydrogen (secondary N) is 1. The summed E-state index contributed by atoms with van der Waals surface area (Å²) < 4.78 is 5.15. The van der Waals surface area contributed by atoms with Crippen molar-refractivity contribution < 1.29 is 9.53 Å². The summed E-state index contributed by atoms with van der Waals surface area (Å²) in [6.07, 6.45) is 2.97. The van der Waals surface area contributed by atoms with Gasteiger partial charge in [-0.3, -0.25) is 9.78 Å². The highest BCUT2D eigenvalue weighted by atomic mass is 16.5. The van der Waals surface area contributed by atoms with Crippen LogP contribution in [0.4, 0.5) is 11.4 Å². The Labute approximate surface area is 105 Å². The lowest BCUT2D eigenvalue weighted by atomic mass is 10.2. The van der Waals surface area contributed by atoms with E-state index in [0.29, 0.717) is 22.7 Å². The second-order valence-electron chi connectivity index (χ2n) is 3.62. The topological polar surface area (TPSA) is 77.2 Å². The standard InChI is InChI=1S/C13H13N3O2/c1-18-12-5-3-2-4-11(12)16-13(17)9-8-15-7-6-10(9)14/h2-8H,1H3,(H2,14,15)(H,16,17). The van der Waals surface area contributed by atoms with Crippen molar-refractivity contribution in [3.8, 4) is 5.75 Å². The third-order valence-electron chi connectivity index (χ3n) is 2.45. The van der Waals surface area contributed by atoms with Crippen LogP contribution >= 0.6 is 0 Å². The molecular weight excluding hydrogens is 230 g/mol. The van der Waals surface area contributed by atoms with Crippen LogP contribution in [0.15, 0.2) is 42.7 Å². The van der Waals surface area contributed by atoms with Crippen LogP contribution in [0.1, 0.15) is 10.4 Å². The molecule has 0 saturated carbocycles. The molecule has 0 fully saturated rings. The number of amides is 1. The summed E-state index contributed by atoms with van der Waals surface area (Å²) in [4.78, 5) is 15.9. The third kappa shape index (κ3) is 2.40. The lowest BCUT2D eigenvalue weighted by Crippen LogP contribution is -2.14. The van der Waals surface area contributed by atoms with Crippen LogP contribution in [0.3, 0.4) is 0 Å². The molecule has 5 heteroatoms. The molecule has 0 saturated heterocycles. The van der Waals surface area contributed by atoms with Gasteiger partial charge in [0.1, 0.15) is 5.75 Å². The fourth-order valence-corrected chi connectivity index (χ4v) is 1.53. The minimum absolute atomic E-state index is 0.315. The van der Waals surface area contributed by atoms with Gasteiger partial charge in [-0.1, -0.05) is 12.1 Å². The minimum Gasteiger partial charge on any atom is -0.495 e. The van der Waals surface area contributed by atoms with Crippen LogP contribution in [0.5, 0.6) is 5.75 Å². The molecule has 92 valence electrons. The SMILES string of the molecule is COc1ccccc1NC(=O)c1cnccc1N. The predicted molar refractivity (Wildman–Crippen MR) is 69.6 cm³/mol. The second-order valence-corrected chi connectivity index (χ2v) is 3.62. The van der Waals surface area contributed by atoms with Gasteiger partial charge in [-0.15, -0.1) is 0 Å². The van der Waals surface area contributed by atoms with Gasteiger partial charge in [0.25, 0.3) is 5.91 Å². The first-order valence-electron chi connectivity index (χ1n) is 5.36. The van der Waals surface area contributed by atoms with E-state index in [-0.39, 0.29) is 5.91 Å². The summed E-state index contributed by atoms with van der Waals surface area (Å²) in [6.45, 7) is 0. The highest BCUT2D eigenvalue weighted by molar-refractivity contribution is 6.08. The van der Waals surface area contributed by atoms with Crippen molar-refractivity contribution in [2.75, 3.05) is 18.2 Å². The van der Waals surface area contributed by atoms with Crippen molar-refractivity contribution in [1.82, 2.24) is 4.98 Å². The highest BCUT2D eigenvalue weighted by Crippen LogP contribution is 2.24. The zero-order valence-corrected chi connectivity index (χ0v) is 9.88. The summed E-state index contributed by atoms with van der Waals surface area (Å²) in [5.41, 5.74) is 7.03.